The standard InChI is InChI=1S/C12H16N2O2/c1-13-9-4-5-11(10(8-9)12(15)16)14-6-2-3-7-14/h4-5,8,13H,2-3,6-7H2,1H3,(H,15,16)/p+1. The van der Waals surface area contributed by atoms with Gasteiger partial charge in [-0.1, -0.05) is 0 Å². The Morgan fingerprint density at radius 2 is 2.06 bits per heavy atom. The Morgan fingerprint density at radius 3 is 2.62 bits per heavy atom. The van der Waals surface area contributed by atoms with E-state index in [1.807, 2.05) is 24.5 Å². The van der Waals surface area contributed by atoms with E-state index in [-0.39, 0.29) is 0 Å². The number of nitrogens with zero attached hydrogens (tertiary/aromatic N) is 1. The Balaban J connectivity index is 2.39. The summed E-state index contributed by atoms with van der Waals surface area (Å²) in [6.45, 7) is 1.94. The Labute approximate surface area is 94.9 Å². The molecule has 2 rings (SSSR count). The van der Waals surface area contributed by atoms with Crippen LogP contribution in [-0.4, -0.2) is 31.2 Å². The molecule has 1 heterocycles. The second kappa shape index (κ2) is 4.53. The normalized spacial score (nSPS) is 15.4. The van der Waals surface area contributed by atoms with Crippen molar-refractivity contribution in [2.75, 3.05) is 25.0 Å². The summed E-state index contributed by atoms with van der Waals surface area (Å²) in [4.78, 5) is 13.4. The highest BCUT2D eigenvalue weighted by Gasteiger charge is 2.19. The molecule has 1 aromatic carbocycles. The second-order valence-electron chi connectivity index (χ2n) is 4.06. The molecule has 3 N–H and O–H groups in total. The second-order valence-corrected chi connectivity index (χ2v) is 4.06. The third-order valence-electron chi connectivity index (χ3n) is 3.03. The van der Waals surface area contributed by atoms with E-state index >= 15 is 0 Å². The minimum absolute atomic E-state index is 0.414. The average Bonchev–Trinajstić information content (AvgIpc) is 2.81. The van der Waals surface area contributed by atoms with Crippen molar-refractivity contribution in [3.8, 4) is 0 Å². The summed E-state index contributed by atoms with van der Waals surface area (Å²) in [7, 11) is 1.91. The fourth-order valence-corrected chi connectivity index (χ4v) is 2.14. The molecule has 4 heteroatoms. The first-order chi connectivity index (χ1) is 7.72. The van der Waals surface area contributed by atoms with Crippen LogP contribution in [-0.2, 0) is 0 Å². The van der Waals surface area contributed by atoms with Crippen molar-refractivity contribution in [3.05, 3.63) is 23.8 Å². The lowest BCUT2D eigenvalue weighted by molar-refractivity contribution is -0.539. The van der Waals surface area contributed by atoms with Crippen molar-refractivity contribution < 1.29 is 15.2 Å². The molecular weight excluding hydrogens is 204 g/mol. The number of quaternary nitrogens is 1. The Morgan fingerprint density at radius 1 is 1.38 bits per heavy atom. The minimum atomic E-state index is -0.842. The number of carboxylic acid groups (broad SMARTS) is 1. The quantitative estimate of drug-likeness (QED) is 0.743. The lowest BCUT2D eigenvalue weighted by atomic mass is 10.1. The number of rotatable bonds is 3. The zero-order chi connectivity index (χ0) is 11.5. The van der Waals surface area contributed by atoms with Crippen LogP contribution in [0.2, 0.25) is 0 Å². The van der Waals surface area contributed by atoms with Crippen LogP contribution in [0.15, 0.2) is 18.2 Å². The molecule has 1 saturated heterocycles. The molecule has 0 atom stereocenters. The van der Waals surface area contributed by atoms with Crippen LogP contribution >= 0.6 is 0 Å². The molecule has 0 saturated carbocycles. The predicted molar refractivity (Wildman–Crippen MR) is 62.4 cm³/mol. The molecular formula is C12H17N2O2+. The van der Waals surface area contributed by atoms with E-state index < -0.39 is 5.97 Å². The number of aromatic carboxylic acids is 1. The molecule has 1 aliphatic rings. The maximum Gasteiger partial charge on any atom is 0.338 e. The number of anilines is 1. The molecule has 16 heavy (non-hydrogen) atoms. The highest BCUT2D eigenvalue weighted by Crippen LogP contribution is 2.26. The molecule has 0 aliphatic carbocycles. The Hall–Kier alpha value is -1.55. The minimum Gasteiger partial charge on any atom is -0.478 e. The molecule has 1 aromatic rings. The van der Waals surface area contributed by atoms with Gasteiger partial charge in [0.2, 0.25) is 0 Å². The van der Waals surface area contributed by atoms with E-state index in [2.05, 4.69) is 4.90 Å². The van der Waals surface area contributed by atoms with Crippen LogP contribution in [0.3, 0.4) is 0 Å². The SMILES string of the molecule is C[NH2+]c1ccc(N2CCCC2)c(C(=O)O)c1. The molecule has 1 fully saturated rings. The molecule has 0 amide bonds. The summed E-state index contributed by atoms with van der Waals surface area (Å²) in [6.07, 6.45) is 2.31. The Kier molecular flexibility index (Phi) is 3.10. The molecule has 0 spiro atoms. The van der Waals surface area contributed by atoms with Gasteiger partial charge in [0.1, 0.15) is 5.69 Å². The van der Waals surface area contributed by atoms with Gasteiger partial charge in [-0.15, -0.1) is 0 Å². The van der Waals surface area contributed by atoms with Crippen LogP contribution in [0.5, 0.6) is 0 Å². The number of hydrogen-bond donors (Lipinski definition) is 2. The van der Waals surface area contributed by atoms with Crippen LogP contribution in [0.25, 0.3) is 0 Å². The first-order valence-electron chi connectivity index (χ1n) is 5.64. The molecule has 1 aliphatic heterocycles. The van der Waals surface area contributed by atoms with Crippen molar-refractivity contribution in [2.24, 2.45) is 0 Å². The number of nitrogens with two attached hydrogens (primary N) is 1. The van der Waals surface area contributed by atoms with E-state index in [4.69, 9.17) is 0 Å². The van der Waals surface area contributed by atoms with E-state index in [1.54, 1.807) is 6.07 Å². The summed E-state index contributed by atoms with van der Waals surface area (Å²) in [6, 6.07) is 5.64. The Bertz CT molecular complexity index is 398. The van der Waals surface area contributed by atoms with Gasteiger partial charge < -0.3 is 15.3 Å². The largest absolute Gasteiger partial charge is 0.478 e. The van der Waals surface area contributed by atoms with Gasteiger partial charge in [0.15, 0.2) is 0 Å². The van der Waals surface area contributed by atoms with Gasteiger partial charge in [0.05, 0.1) is 18.3 Å². The molecule has 86 valence electrons. The first-order valence-corrected chi connectivity index (χ1v) is 5.64. The zero-order valence-corrected chi connectivity index (χ0v) is 9.44. The number of carboxylic acids is 1. The number of benzene rings is 1. The summed E-state index contributed by atoms with van der Waals surface area (Å²) in [5.41, 5.74) is 2.23. The number of carbonyl (C=O) groups is 1. The van der Waals surface area contributed by atoms with E-state index in [9.17, 15) is 9.90 Å². The molecule has 4 nitrogen and oxygen atoms in total. The van der Waals surface area contributed by atoms with Gasteiger partial charge in [-0.2, -0.15) is 0 Å². The third kappa shape index (κ3) is 2.02. The van der Waals surface area contributed by atoms with Crippen LogP contribution in [0.1, 0.15) is 23.2 Å². The lowest BCUT2D eigenvalue weighted by Gasteiger charge is -2.19. The fourth-order valence-electron chi connectivity index (χ4n) is 2.14. The van der Waals surface area contributed by atoms with Gasteiger partial charge in [-0.3, -0.25) is 0 Å². The summed E-state index contributed by atoms with van der Waals surface area (Å²) in [5, 5.41) is 11.1. The number of hydrogen-bond acceptors (Lipinski definition) is 2. The fraction of sp³-hybridized carbons (Fsp3) is 0.417. The topological polar surface area (TPSA) is 57.2 Å². The smallest absolute Gasteiger partial charge is 0.338 e. The van der Waals surface area contributed by atoms with E-state index in [0.29, 0.717) is 5.56 Å². The van der Waals surface area contributed by atoms with Gasteiger partial charge in [0.25, 0.3) is 0 Å². The summed E-state index contributed by atoms with van der Waals surface area (Å²) < 4.78 is 0. The molecule has 0 bridgehead atoms. The third-order valence-corrected chi connectivity index (χ3v) is 3.03. The molecule has 0 radical (unpaired) electrons. The molecule has 0 unspecified atom stereocenters. The van der Waals surface area contributed by atoms with Gasteiger partial charge >= 0.3 is 5.97 Å². The van der Waals surface area contributed by atoms with Crippen molar-refractivity contribution >= 4 is 17.3 Å². The van der Waals surface area contributed by atoms with Crippen molar-refractivity contribution in [2.45, 2.75) is 12.8 Å². The predicted octanol–water partition coefficient (Wildman–Crippen LogP) is 0.810. The molecule has 0 aromatic heterocycles. The monoisotopic (exact) mass is 221 g/mol. The highest BCUT2D eigenvalue weighted by molar-refractivity contribution is 5.95. The maximum atomic E-state index is 11.2. The first kappa shape index (κ1) is 11.0. The zero-order valence-electron chi connectivity index (χ0n) is 9.44. The van der Waals surface area contributed by atoms with Crippen molar-refractivity contribution in [3.63, 3.8) is 0 Å². The van der Waals surface area contributed by atoms with Crippen molar-refractivity contribution in [1.82, 2.24) is 0 Å². The lowest BCUT2D eigenvalue weighted by Crippen LogP contribution is -2.72. The van der Waals surface area contributed by atoms with Gasteiger partial charge in [-0.05, 0) is 18.9 Å². The van der Waals surface area contributed by atoms with Crippen LogP contribution in [0, 0.1) is 0 Å². The van der Waals surface area contributed by atoms with Gasteiger partial charge in [0, 0.05) is 25.2 Å². The van der Waals surface area contributed by atoms with Crippen LogP contribution < -0.4 is 10.2 Å². The van der Waals surface area contributed by atoms with Crippen LogP contribution in [0.4, 0.5) is 11.4 Å². The average molecular weight is 221 g/mol. The van der Waals surface area contributed by atoms with E-state index in [1.165, 1.54) is 0 Å². The summed E-state index contributed by atoms with van der Waals surface area (Å²) in [5.74, 6) is -0.842. The highest BCUT2D eigenvalue weighted by atomic mass is 16.4. The maximum absolute atomic E-state index is 11.2. The van der Waals surface area contributed by atoms with E-state index in [0.717, 1.165) is 37.3 Å². The van der Waals surface area contributed by atoms with Crippen molar-refractivity contribution in [1.29, 1.82) is 0 Å². The summed E-state index contributed by atoms with van der Waals surface area (Å²) >= 11 is 0. The van der Waals surface area contributed by atoms with Gasteiger partial charge in [-0.25, -0.2) is 4.79 Å².